The summed E-state index contributed by atoms with van der Waals surface area (Å²) in [7, 11) is 0. The van der Waals surface area contributed by atoms with Crippen molar-refractivity contribution in [2.45, 2.75) is 6.92 Å². The van der Waals surface area contributed by atoms with E-state index in [1.165, 1.54) is 5.56 Å². The highest BCUT2D eigenvalue weighted by Crippen LogP contribution is 2.12. The third-order valence-electron chi connectivity index (χ3n) is 2.31. The number of benzene rings is 2. The lowest BCUT2D eigenvalue weighted by molar-refractivity contribution is 1.39. The van der Waals surface area contributed by atoms with Crippen molar-refractivity contribution in [1.29, 1.82) is 0 Å². The van der Waals surface area contributed by atoms with E-state index < -0.39 is 0 Å². The van der Waals surface area contributed by atoms with Crippen molar-refractivity contribution in [3.63, 3.8) is 0 Å². The molecule has 3 heteroatoms. The summed E-state index contributed by atoms with van der Waals surface area (Å²) in [5.74, 6) is 0. The van der Waals surface area contributed by atoms with Gasteiger partial charge in [-0.2, -0.15) is 0 Å². The molecule has 0 saturated carbocycles. The van der Waals surface area contributed by atoms with E-state index in [9.17, 15) is 0 Å². The van der Waals surface area contributed by atoms with Crippen LogP contribution in [0.5, 0.6) is 0 Å². The van der Waals surface area contributed by atoms with Gasteiger partial charge in [0.25, 0.3) is 0 Å². The number of hydrogen-bond donors (Lipinski definition) is 3. The van der Waals surface area contributed by atoms with Gasteiger partial charge in [-0.25, -0.2) is 0 Å². The van der Waals surface area contributed by atoms with Crippen molar-refractivity contribution in [2.24, 2.45) is 0 Å². The highest BCUT2D eigenvalue weighted by molar-refractivity contribution is 5.55. The Morgan fingerprint density at radius 1 is 0.750 bits per heavy atom. The van der Waals surface area contributed by atoms with Crippen LogP contribution >= 0.6 is 0 Å². The normalized spacial score (nSPS) is 9.81. The molecular formula is C13H15N3. The Morgan fingerprint density at radius 3 is 1.69 bits per heavy atom. The second-order valence-corrected chi connectivity index (χ2v) is 3.74. The average molecular weight is 213 g/mol. The molecule has 0 heterocycles. The van der Waals surface area contributed by atoms with Crippen LogP contribution in [0.3, 0.4) is 0 Å². The van der Waals surface area contributed by atoms with Gasteiger partial charge >= 0.3 is 0 Å². The Hall–Kier alpha value is -2.16. The van der Waals surface area contributed by atoms with Gasteiger partial charge in [0.2, 0.25) is 0 Å². The van der Waals surface area contributed by atoms with Crippen LogP contribution in [-0.2, 0) is 0 Å². The SMILES string of the molecule is Cc1ccc(NNc2ccc(N)cc2)cc1. The Balaban J connectivity index is 1.97. The molecule has 2 aromatic carbocycles. The molecule has 0 aliphatic heterocycles. The van der Waals surface area contributed by atoms with Crippen LogP contribution in [0.1, 0.15) is 5.56 Å². The average Bonchev–Trinajstić information content (AvgIpc) is 2.30. The first-order chi connectivity index (χ1) is 7.74. The Morgan fingerprint density at radius 2 is 1.19 bits per heavy atom. The van der Waals surface area contributed by atoms with Gasteiger partial charge in [-0.3, -0.25) is 0 Å². The molecule has 0 aliphatic carbocycles. The summed E-state index contributed by atoms with van der Waals surface area (Å²) >= 11 is 0. The van der Waals surface area contributed by atoms with Gasteiger partial charge in [0.05, 0.1) is 11.4 Å². The van der Waals surface area contributed by atoms with Gasteiger partial charge in [0, 0.05) is 5.69 Å². The maximum absolute atomic E-state index is 5.60. The number of nitrogens with two attached hydrogens (primary N) is 1. The van der Waals surface area contributed by atoms with Crippen molar-refractivity contribution < 1.29 is 0 Å². The molecule has 3 nitrogen and oxygen atoms in total. The lowest BCUT2D eigenvalue weighted by Crippen LogP contribution is -2.08. The zero-order chi connectivity index (χ0) is 11.4. The molecule has 0 fully saturated rings. The number of hydrogen-bond acceptors (Lipinski definition) is 3. The molecule has 82 valence electrons. The standard InChI is InChI=1S/C13H15N3/c1-10-2-6-12(7-3-10)15-16-13-8-4-11(14)5-9-13/h2-9,15-16H,14H2,1H3. The van der Waals surface area contributed by atoms with E-state index in [2.05, 4.69) is 29.9 Å². The number of aryl methyl sites for hydroxylation is 1. The van der Waals surface area contributed by atoms with Gasteiger partial charge in [-0.1, -0.05) is 17.7 Å². The summed E-state index contributed by atoms with van der Waals surface area (Å²) in [6.45, 7) is 2.07. The van der Waals surface area contributed by atoms with Gasteiger partial charge in [-0.05, 0) is 43.3 Å². The molecule has 0 unspecified atom stereocenters. The first kappa shape index (κ1) is 10.4. The van der Waals surface area contributed by atoms with E-state index in [4.69, 9.17) is 5.73 Å². The summed E-state index contributed by atoms with van der Waals surface area (Å²) in [5.41, 5.74) is 15.8. The van der Waals surface area contributed by atoms with Crippen LogP contribution in [0.2, 0.25) is 0 Å². The summed E-state index contributed by atoms with van der Waals surface area (Å²) in [4.78, 5) is 0. The van der Waals surface area contributed by atoms with E-state index in [-0.39, 0.29) is 0 Å². The largest absolute Gasteiger partial charge is 0.399 e. The highest BCUT2D eigenvalue weighted by atomic mass is 15.4. The number of nitrogen functional groups attached to an aromatic ring is 1. The topological polar surface area (TPSA) is 50.1 Å². The van der Waals surface area contributed by atoms with Crippen LogP contribution in [0.4, 0.5) is 17.1 Å². The van der Waals surface area contributed by atoms with Gasteiger partial charge in [0.1, 0.15) is 0 Å². The van der Waals surface area contributed by atoms with E-state index >= 15 is 0 Å². The fourth-order valence-electron chi connectivity index (χ4n) is 1.35. The molecule has 0 spiro atoms. The van der Waals surface area contributed by atoms with Gasteiger partial charge in [0.15, 0.2) is 0 Å². The Kier molecular flexibility index (Phi) is 2.96. The zero-order valence-electron chi connectivity index (χ0n) is 9.20. The van der Waals surface area contributed by atoms with E-state index in [1.807, 2.05) is 36.4 Å². The molecule has 2 aromatic rings. The fraction of sp³-hybridized carbons (Fsp3) is 0.0769. The van der Waals surface area contributed by atoms with Crippen LogP contribution in [0, 0.1) is 6.92 Å². The van der Waals surface area contributed by atoms with Gasteiger partial charge < -0.3 is 16.6 Å². The summed E-state index contributed by atoms with van der Waals surface area (Å²) in [6.07, 6.45) is 0. The van der Waals surface area contributed by atoms with E-state index in [1.54, 1.807) is 0 Å². The second kappa shape index (κ2) is 4.57. The quantitative estimate of drug-likeness (QED) is 0.542. The maximum atomic E-state index is 5.60. The number of nitrogens with one attached hydrogen (secondary N) is 2. The summed E-state index contributed by atoms with van der Waals surface area (Å²) < 4.78 is 0. The fourth-order valence-corrected chi connectivity index (χ4v) is 1.35. The van der Waals surface area contributed by atoms with Crippen molar-refractivity contribution in [3.05, 3.63) is 54.1 Å². The predicted molar refractivity (Wildman–Crippen MR) is 69.3 cm³/mol. The molecule has 0 saturated heterocycles. The molecule has 16 heavy (non-hydrogen) atoms. The first-order valence-electron chi connectivity index (χ1n) is 5.18. The molecule has 0 aliphatic rings. The van der Waals surface area contributed by atoms with Crippen LogP contribution in [0.15, 0.2) is 48.5 Å². The van der Waals surface area contributed by atoms with Gasteiger partial charge in [-0.15, -0.1) is 0 Å². The van der Waals surface area contributed by atoms with E-state index in [0.717, 1.165) is 17.1 Å². The Bertz CT molecular complexity index is 400. The molecule has 0 bridgehead atoms. The number of rotatable bonds is 3. The van der Waals surface area contributed by atoms with Crippen LogP contribution in [-0.4, -0.2) is 0 Å². The van der Waals surface area contributed by atoms with Crippen molar-refractivity contribution in [2.75, 3.05) is 16.6 Å². The molecule has 0 radical (unpaired) electrons. The minimum atomic E-state index is 0.765. The van der Waals surface area contributed by atoms with Crippen molar-refractivity contribution in [1.82, 2.24) is 0 Å². The molecule has 0 atom stereocenters. The zero-order valence-corrected chi connectivity index (χ0v) is 9.20. The molecular weight excluding hydrogens is 198 g/mol. The van der Waals surface area contributed by atoms with Crippen LogP contribution in [0.25, 0.3) is 0 Å². The van der Waals surface area contributed by atoms with E-state index in [0.29, 0.717) is 0 Å². The molecule has 2 rings (SSSR count). The van der Waals surface area contributed by atoms with Crippen molar-refractivity contribution in [3.8, 4) is 0 Å². The lowest BCUT2D eigenvalue weighted by Gasteiger charge is -2.09. The minimum absolute atomic E-state index is 0.765. The number of hydrazine groups is 1. The predicted octanol–water partition coefficient (Wildman–Crippen LogP) is 3.02. The number of anilines is 3. The Labute approximate surface area is 95.3 Å². The molecule has 4 N–H and O–H groups in total. The summed E-state index contributed by atoms with van der Waals surface area (Å²) in [5, 5.41) is 0. The summed E-state index contributed by atoms with van der Waals surface area (Å²) in [6, 6.07) is 15.8. The monoisotopic (exact) mass is 213 g/mol. The maximum Gasteiger partial charge on any atom is 0.0541 e. The minimum Gasteiger partial charge on any atom is -0.399 e. The molecule has 0 aromatic heterocycles. The second-order valence-electron chi connectivity index (χ2n) is 3.74. The third-order valence-corrected chi connectivity index (χ3v) is 2.31. The highest BCUT2D eigenvalue weighted by Gasteiger charge is 1.92. The molecule has 0 amide bonds. The van der Waals surface area contributed by atoms with Crippen LogP contribution < -0.4 is 16.6 Å². The first-order valence-corrected chi connectivity index (χ1v) is 5.18. The lowest BCUT2D eigenvalue weighted by atomic mass is 10.2. The third kappa shape index (κ3) is 2.67. The smallest absolute Gasteiger partial charge is 0.0541 e. The van der Waals surface area contributed by atoms with Crippen molar-refractivity contribution >= 4 is 17.1 Å².